The normalized spacial score (nSPS) is 13.1. The molecule has 2 N–H and O–H groups in total. The van der Waals surface area contributed by atoms with Gasteiger partial charge in [0.05, 0.1) is 7.11 Å². The summed E-state index contributed by atoms with van der Waals surface area (Å²) in [7, 11) is -2.91. The first kappa shape index (κ1) is 14.4. The molecule has 18 heavy (non-hydrogen) atoms. The number of rotatable bonds is 5. The highest BCUT2D eigenvalue weighted by Crippen LogP contribution is 2.20. The van der Waals surface area contributed by atoms with Gasteiger partial charge in [0.25, 0.3) is 0 Å². The van der Waals surface area contributed by atoms with Gasteiger partial charge in [0, 0.05) is 6.07 Å². The number of hydrogen-bond donors (Lipinski definition) is 2. The molecule has 1 aromatic carbocycles. The SMILES string of the molecule is COc1ccc(S(=O)(=O)NC(C)C(=O)O)c(F)c1. The van der Waals surface area contributed by atoms with Gasteiger partial charge in [-0.3, -0.25) is 4.79 Å². The number of nitrogens with one attached hydrogen (secondary N) is 1. The molecule has 0 amide bonds. The Morgan fingerprint density at radius 1 is 1.50 bits per heavy atom. The van der Waals surface area contributed by atoms with Crippen molar-refractivity contribution in [3.8, 4) is 5.75 Å². The van der Waals surface area contributed by atoms with Crippen molar-refractivity contribution in [3.63, 3.8) is 0 Å². The third-order valence-corrected chi connectivity index (χ3v) is 3.70. The number of carboxylic acid groups (broad SMARTS) is 1. The van der Waals surface area contributed by atoms with Gasteiger partial charge >= 0.3 is 5.97 Å². The number of methoxy groups -OCH3 is 1. The molecular weight excluding hydrogens is 265 g/mol. The van der Waals surface area contributed by atoms with Crippen LogP contribution in [0.15, 0.2) is 23.1 Å². The minimum atomic E-state index is -4.22. The molecule has 0 saturated carbocycles. The predicted molar refractivity (Wildman–Crippen MR) is 60.4 cm³/mol. The van der Waals surface area contributed by atoms with Crippen molar-refractivity contribution in [2.45, 2.75) is 17.9 Å². The van der Waals surface area contributed by atoms with Crippen LogP contribution in [0.5, 0.6) is 5.75 Å². The van der Waals surface area contributed by atoms with Crippen molar-refractivity contribution in [2.24, 2.45) is 0 Å². The van der Waals surface area contributed by atoms with E-state index >= 15 is 0 Å². The quantitative estimate of drug-likeness (QED) is 0.821. The minimum absolute atomic E-state index is 0.165. The van der Waals surface area contributed by atoms with Crippen LogP contribution in [0, 0.1) is 5.82 Å². The summed E-state index contributed by atoms with van der Waals surface area (Å²) < 4.78 is 43.5. The van der Waals surface area contributed by atoms with Crippen LogP contribution < -0.4 is 9.46 Å². The fourth-order valence-corrected chi connectivity index (χ4v) is 2.43. The van der Waals surface area contributed by atoms with Crippen molar-refractivity contribution in [1.82, 2.24) is 4.72 Å². The monoisotopic (exact) mass is 277 g/mol. The van der Waals surface area contributed by atoms with Crippen LogP contribution in [0.1, 0.15) is 6.92 Å². The van der Waals surface area contributed by atoms with Crippen molar-refractivity contribution >= 4 is 16.0 Å². The number of aliphatic carboxylic acids is 1. The molecule has 0 aliphatic heterocycles. The summed E-state index contributed by atoms with van der Waals surface area (Å²) >= 11 is 0. The molecule has 0 saturated heterocycles. The van der Waals surface area contributed by atoms with Crippen LogP contribution in [-0.4, -0.2) is 32.6 Å². The molecule has 8 heteroatoms. The molecule has 0 aromatic heterocycles. The highest BCUT2D eigenvalue weighted by Gasteiger charge is 2.24. The number of carbonyl (C=O) groups is 1. The molecule has 0 aliphatic rings. The van der Waals surface area contributed by atoms with Gasteiger partial charge in [-0.15, -0.1) is 0 Å². The number of sulfonamides is 1. The predicted octanol–water partition coefficient (Wildman–Crippen LogP) is 0.586. The van der Waals surface area contributed by atoms with Gasteiger partial charge in [-0.2, -0.15) is 4.72 Å². The fraction of sp³-hybridized carbons (Fsp3) is 0.300. The zero-order chi connectivity index (χ0) is 13.9. The molecule has 1 rings (SSSR count). The first-order valence-corrected chi connectivity index (χ1v) is 6.35. The lowest BCUT2D eigenvalue weighted by atomic mass is 10.3. The lowest BCUT2D eigenvalue weighted by Gasteiger charge is -2.11. The largest absolute Gasteiger partial charge is 0.497 e. The van der Waals surface area contributed by atoms with Gasteiger partial charge in [0.2, 0.25) is 10.0 Å². The summed E-state index contributed by atoms with van der Waals surface area (Å²) in [6.07, 6.45) is 0. The van der Waals surface area contributed by atoms with Crippen molar-refractivity contribution in [2.75, 3.05) is 7.11 Å². The Labute approximate surface area is 103 Å². The van der Waals surface area contributed by atoms with Crippen LogP contribution in [0.25, 0.3) is 0 Å². The number of hydrogen-bond acceptors (Lipinski definition) is 4. The zero-order valence-electron chi connectivity index (χ0n) is 9.68. The van der Waals surface area contributed by atoms with E-state index in [-0.39, 0.29) is 5.75 Å². The average Bonchev–Trinajstić information content (AvgIpc) is 2.27. The van der Waals surface area contributed by atoms with E-state index in [1.54, 1.807) is 0 Å². The molecular formula is C10H12FNO5S. The Hall–Kier alpha value is -1.67. The van der Waals surface area contributed by atoms with Crippen molar-refractivity contribution in [3.05, 3.63) is 24.0 Å². The van der Waals surface area contributed by atoms with E-state index in [2.05, 4.69) is 0 Å². The Balaban J connectivity index is 3.09. The average molecular weight is 277 g/mol. The van der Waals surface area contributed by atoms with Gasteiger partial charge in [-0.25, -0.2) is 12.8 Å². The van der Waals surface area contributed by atoms with Crippen LogP contribution in [0.4, 0.5) is 4.39 Å². The second kappa shape index (κ2) is 5.32. The third-order valence-electron chi connectivity index (χ3n) is 2.13. The minimum Gasteiger partial charge on any atom is -0.497 e. The molecule has 1 aromatic rings. The summed E-state index contributed by atoms with van der Waals surface area (Å²) in [6, 6.07) is 1.82. The van der Waals surface area contributed by atoms with Crippen LogP contribution in [0.2, 0.25) is 0 Å². The second-order valence-corrected chi connectivity index (χ2v) is 5.16. The van der Waals surface area contributed by atoms with E-state index in [0.717, 1.165) is 19.1 Å². The van der Waals surface area contributed by atoms with Crippen molar-refractivity contribution in [1.29, 1.82) is 0 Å². The van der Waals surface area contributed by atoms with Gasteiger partial charge in [-0.1, -0.05) is 0 Å². The topological polar surface area (TPSA) is 92.7 Å². The van der Waals surface area contributed by atoms with Crippen LogP contribution >= 0.6 is 0 Å². The van der Waals surface area contributed by atoms with E-state index in [1.165, 1.54) is 13.2 Å². The highest BCUT2D eigenvalue weighted by atomic mass is 32.2. The molecule has 0 aliphatic carbocycles. The maximum absolute atomic E-state index is 13.5. The molecule has 1 atom stereocenters. The van der Waals surface area contributed by atoms with E-state index < -0.39 is 32.7 Å². The van der Waals surface area contributed by atoms with Crippen molar-refractivity contribution < 1.29 is 27.4 Å². The van der Waals surface area contributed by atoms with Gasteiger partial charge in [-0.05, 0) is 19.1 Å². The Morgan fingerprint density at radius 3 is 2.56 bits per heavy atom. The van der Waals surface area contributed by atoms with E-state index in [1.807, 2.05) is 4.72 Å². The summed E-state index contributed by atoms with van der Waals surface area (Å²) in [5.41, 5.74) is 0. The van der Waals surface area contributed by atoms with Crippen LogP contribution in [0.3, 0.4) is 0 Å². The zero-order valence-corrected chi connectivity index (χ0v) is 10.5. The molecule has 0 spiro atoms. The maximum Gasteiger partial charge on any atom is 0.321 e. The van der Waals surface area contributed by atoms with Crippen LogP contribution in [-0.2, 0) is 14.8 Å². The Bertz CT molecular complexity index is 557. The molecule has 0 bridgehead atoms. The number of ether oxygens (including phenoxy) is 1. The number of carboxylic acids is 1. The maximum atomic E-state index is 13.5. The fourth-order valence-electron chi connectivity index (χ4n) is 1.17. The second-order valence-electron chi connectivity index (χ2n) is 3.48. The Morgan fingerprint density at radius 2 is 2.11 bits per heavy atom. The summed E-state index contributed by atoms with van der Waals surface area (Å²) in [5.74, 6) is -2.20. The third kappa shape index (κ3) is 3.17. The summed E-state index contributed by atoms with van der Waals surface area (Å²) in [5, 5.41) is 8.60. The molecule has 6 nitrogen and oxygen atoms in total. The molecule has 0 heterocycles. The van der Waals surface area contributed by atoms with E-state index in [9.17, 15) is 17.6 Å². The van der Waals surface area contributed by atoms with Gasteiger partial charge in [0.15, 0.2) is 0 Å². The lowest BCUT2D eigenvalue weighted by Crippen LogP contribution is -2.38. The van der Waals surface area contributed by atoms with Gasteiger partial charge < -0.3 is 9.84 Å². The number of halogens is 1. The Kier molecular flexibility index (Phi) is 4.25. The van der Waals surface area contributed by atoms with E-state index in [0.29, 0.717) is 0 Å². The number of benzene rings is 1. The molecule has 100 valence electrons. The molecule has 1 unspecified atom stereocenters. The smallest absolute Gasteiger partial charge is 0.321 e. The summed E-state index contributed by atoms with van der Waals surface area (Å²) in [4.78, 5) is 9.92. The highest BCUT2D eigenvalue weighted by molar-refractivity contribution is 7.89. The molecule has 0 radical (unpaired) electrons. The van der Waals surface area contributed by atoms with E-state index in [4.69, 9.17) is 9.84 Å². The molecule has 0 fully saturated rings. The first-order valence-electron chi connectivity index (χ1n) is 4.86. The van der Waals surface area contributed by atoms with Gasteiger partial charge in [0.1, 0.15) is 22.5 Å². The first-order chi connectivity index (χ1) is 8.27. The lowest BCUT2D eigenvalue weighted by molar-refractivity contribution is -0.138. The summed E-state index contributed by atoms with van der Waals surface area (Å²) in [6.45, 7) is 1.14. The standard InChI is InChI=1S/C10H12FNO5S/c1-6(10(13)14)12-18(15,16)9-4-3-7(17-2)5-8(9)11/h3-6,12H,1-2H3,(H,13,14).